The van der Waals surface area contributed by atoms with Gasteiger partial charge in [0.25, 0.3) is 0 Å². The van der Waals surface area contributed by atoms with E-state index < -0.39 is 5.97 Å². The van der Waals surface area contributed by atoms with Gasteiger partial charge in [0.1, 0.15) is 0 Å². The number of aryl methyl sites for hydroxylation is 1. The lowest BCUT2D eigenvalue weighted by Crippen LogP contribution is -2.35. The maximum absolute atomic E-state index is 11.0. The van der Waals surface area contributed by atoms with Gasteiger partial charge in [-0.25, -0.2) is 4.85 Å². The number of carbonyl (C=O) groups is 1. The molecule has 2 heterocycles. The molecular formula is C24H25Cl2N5O2. The van der Waals surface area contributed by atoms with Crippen molar-refractivity contribution in [3.63, 3.8) is 0 Å². The average molecular weight is 486 g/mol. The molecule has 33 heavy (non-hydrogen) atoms. The van der Waals surface area contributed by atoms with Crippen LogP contribution >= 0.6 is 24.0 Å². The van der Waals surface area contributed by atoms with Gasteiger partial charge in [0.2, 0.25) is 0 Å². The Morgan fingerprint density at radius 2 is 1.97 bits per heavy atom. The van der Waals surface area contributed by atoms with Crippen LogP contribution in [0.25, 0.3) is 15.6 Å². The smallest absolute Gasteiger partial charge is 0.303 e. The van der Waals surface area contributed by atoms with E-state index in [0.29, 0.717) is 18.1 Å². The largest absolute Gasteiger partial charge is 0.481 e. The lowest BCUT2D eigenvalue weighted by Gasteiger charge is -2.32. The summed E-state index contributed by atoms with van der Waals surface area (Å²) in [5, 5.41) is 23.8. The summed E-state index contributed by atoms with van der Waals surface area (Å²) in [6, 6.07) is 11.5. The molecule has 7 nitrogen and oxygen atoms in total. The Labute approximate surface area is 204 Å². The van der Waals surface area contributed by atoms with Crippen LogP contribution in [0, 0.1) is 19.4 Å². The Bertz CT molecular complexity index is 1200. The van der Waals surface area contributed by atoms with Crippen molar-refractivity contribution in [2.75, 3.05) is 23.3 Å². The number of hydrogen-bond donors (Lipinski definition) is 2. The minimum Gasteiger partial charge on any atom is -0.481 e. The van der Waals surface area contributed by atoms with Crippen LogP contribution in [0.3, 0.4) is 0 Å². The fourth-order valence-corrected chi connectivity index (χ4v) is 4.29. The van der Waals surface area contributed by atoms with Gasteiger partial charge in [-0.2, -0.15) is 0 Å². The zero-order valence-electron chi connectivity index (χ0n) is 18.2. The first kappa shape index (κ1) is 24.6. The average Bonchev–Trinajstić information content (AvgIpc) is 2.79. The Hall–Kier alpha value is -3.08. The van der Waals surface area contributed by atoms with E-state index in [2.05, 4.69) is 25.3 Å². The maximum Gasteiger partial charge on any atom is 0.303 e. The van der Waals surface area contributed by atoms with E-state index in [1.54, 1.807) is 6.07 Å². The second kappa shape index (κ2) is 10.7. The summed E-state index contributed by atoms with van der Waals surface area (Å²) in [4.78, 5) is 16.7. The third kappa shape index (κ3) is 5.65. The number of benzene rings is 2. The highest BCUT2D eigenvalue weighted by Gasteiger charge is 2.24. The molecule has 0 amide bonds. The van der Waals surface area contributed by atoms with E-state index in [1.807, 2.05) is 37.3 Å². The van der Waals surface area contributed by atoms with Crippen molar-refractivity contribution in [3.8, 4) is 0 Å². The molecule has 9 heteroatoms. The lowest BCUT2D eigenvalue weighted by atomic mass is 9.93. The van der Waals surface area contributed by atoms with Crippen LogP contribution in [0.15, 0.2) is 36.4 Å². The highest BCUT2D eigenvalue weighted by Crippen LogP contribution is 2.34. The molecule has 1 saturated heterocycles. The number of carboxylic acid groups (broad SMARTS) is 1. The zero-order chi connectivity index (χ0) is 22.7. The van der Waals surface area contributed by atoms with Gasteiger partial charge >= 0.3 is 5.97 Å². The number of fused-ring (bicyclic) bond motifs is 1. The number of rotatable bonds is 6. The molecule has 4 rings (SSSR count). The highest BCUT2D eigenvalue weighted by molar-refractivity contribution is 6.31. The highest BCUT2D eigenvalue weighted by atomic mass is 35.5. The van der Waals surface area contributed by atoms with E-state index >= 15 is 0 Å². The van der Waals surface area contributed by atoms with Gasteiger partial charge in [-0.3, -0.25) is 4.79 Å². The minimum atomic E-state index is -0.745. The Morgan fingerprint density at radius 1 is 1.21 bits per heavy atom. The van der Waals surface area contributed by atoms with Crippen molar-refractivity contribution in [2.45, 2.75) is 32.7 Å². The van der Waals surface area contributed by atoms with E-state index in [4.69, 9.17) is 23.3 Å². The molecule has 1 aliphatic rings. The monoisotopic (exact) mass is 485 g/mol. The van der Waals surface area contributed by atoms with E-state index in [9.17, 15) is 4.79 Å². The summed E-state index contributed by atoms with van der Waals surface area (Å²) < 4.78 is 0. The molecule has 2 N–H and O–H groups in total. The Kier molecular flexibility index (Phi) is 7.96. The van der Waals surface area contributed by atoms with Crippen molar-refractivity contribution in [2.24, 2.45) is 5.92 Å². The third-order valence-corrected chi connectivity index (χ3v) is 6.35. The predicted octanol–water partition coefficient (Wildman–Crippen LogP) is 5.87. The number of nitrogens with zero attached hydrogens (tertiary/aromatic N) is 4. The first-order valence-electron chi connectivity index (χ1n) is 10.6. The topological polar surface area (TPSA) is 82.7 Å². The van der Waals surface area contributed by atoms with Gasteiger partial charge in [-0.05, 0) is 48.9 Å². The molecule has 2 aromatic carbocycles. The molecule has 0 atom stereocenters. The van der Waals surface area contributed by atoms with Crippen LogP contribution in [0.5, 0.6) is 0 Å². The molecule has 0 aliphatic carbocycles. The van der Waals surface area contributed by atoms with Crippen LogP contribution in [0.2, 0.25) is 5.02 Å². The molecule has 0 radical (unpaired) electrons. The molecule has 0 saturated carbocycles. The summed E-state index contributed by atoms with van der Waals surface area (Å²) in [6.45, 7) is 11.4. The van der Waals surface area contributed by atoms with E-state index in [-0.39, 0.29) is 24.7 Å². The van der Waals surface area contributed by atoms with Crippen molar-refractivity contribution in [3.05, 3.63) is 64.0 Å². The number of aromatic nitrogens is 2. The molecule has 3 aromatic rings. The standard InChI is InChI=1S/C24H24ClN5O2.ClH/c1-15-3-4-17(11-21(15)25)14-27-23-20-13-18(26-2)5-6-19(20)24(29-28-23)30-9-7-16(8-10-30)12-22(31)32;/h3-6,11,13,16H,7-10,12,14H2,1H3,(H,27,28)(H,31,32);1H. The fourth-order valence-electron chi connectivity index (χ4n) is 4.09. The molecule has 1 aromatic heterocycles. The summed E-state index contributed by atoms with van der Waals surface area (Å²) >= 11 is 6.25. The summed E-state index contributed by atoms with van der Waals surface area (Å²) in [5.74, 6) is 0.838. The Balaban J connectivity index is 0.00000306. The number of halogens is 2. The molecular weight excluding hydrogens is 461 g/mol. The summed E-state index contributed by atoms with van der Waals surface area (Å²) in [6.07, 6.45) is 1.83. The van der Waals surface area contributed by atoms with Crippen LogP contribution in [0.1, 0.15) is 30.4 Å². The van der Waals surface area contributed by atoms with Crippen molar-refractivity contribution >= 4 is 58.1 Å². The van der Waals surface area contributed by atoms with Crippen molar-refractivity contribution in [1.82, 2.24) is 10.2 Å². The van der Waals surface area contributed by atoms with E-state index in [1.165, 1.54) is 0 Å². The van der Waals surface area contributed by atoms with E-state index in [0.717, 1.165) is 58.7 Å². The fraction of sp³-hybridized carbons (Fsp3) is 0.333. The molecule has 0 spiro atoms. The number of carboxylic acids is 1. The quantitative estimate of drug-likeness (QED) is 0.425. The predicted molar refractivity (Wildman–Crippen MR) is 134 cm³/mol. The van der Waals surface area contributed by atoms with Crippen molar-refractivity contribution in [1.29, 1.82) is 0 Å². The van der Waals surface area contributed by atoms with Gasteiger partial charge in [0, 0.05) is 41.9 Å². The first-order valence-corrected chi connectivity index (χ1v) is 11.0. The van der Waals surface area contributed by atoms with Gasteiger partial charge in [-0.1, -0.05) is 35.9 Å². The van der Waals surface area contributed by atoms with Crippen LogP contribution < -0.4 is 10.2 Å². The summed E-state index contributed by atoms with van der Waals surface area (Å²) in [5.41, 5.74) is 2.60. The number of nitrogens with one attached hydrogen (secondary N) is 1. The SMILES string of the molecule is Cl.[C-]#[N+]c1ccc2c(N3CCC(CC(=O)O)CC3)nnc(NCc3ccc(C)c(Cl)c3)c2c1. The minimum absolute atomic E-state index is 0. The number of piperidine rings is 1. The van der Waals surface area contributed by atoms with Gasteiger partial charge in [-0.15, -0.1) is 22.6 Å². The zero-order valence-corrected chi connectivity index (χ0v) is 19.8. The molecule has 0 unspecified atom stereocenters. The third-order valence-electron chi connectivity index (χ3n) is 5.95. The lowest BCUT2D eigenvalue weighted by molar-refractivity contribution is -0.138. The van der Waals surface area contributed by atoms with Gasteiger partial charge in [0.15, 0.2) is 17.3 Å². The second-order valence-electron chi connectivity index (χ2n) is 8.18. The maximum atomic E-state index is 11.0. The Morgan fingerprint density at radius 3 is 2.64 bits per heavy atom. The van der Waals surface area contributed by atoms with Gasteiger partial charge in [0.05, 0.1) is 6.57 Å². The van der Waals surface area contributed by atoms with Crippen LogP contribution in [0.4, 0.5) is 17.3 Å². The molecule has 1 aliphatic heterocycles. The van der Waals surface area contributed by atoms with Crippen LogP contribution in [-0.4, -0.2) is 34.4 Å². The normalized spacial score (nSPS) is 13.9. The number of hydrogen-bond acceptors (Lipinski definition) is 5. The number of aliphatic carboxylic acids is 1. The number of anilines is 2. The van der Waals surface area contributed by atoms with Gasteiger partial charge < -0.3 is 15.3 Å². The first-order chi connectivity index (χ1) is 15.4. The molecule has 172 valence electrons. The van der Waals surface area contributed by atoms with Crippen molar-refractivity contribution < 1.29 is 9.90 Å². The molecule has 1 fully saturated rings. The summed E-state index contributed by atoms with van der Waals surface area (Å²) in [7, 11) is 0. The second-order valence-corrected chi connectivity index (χ2v) is 8.59. The van der Waals surface area contributed by atoms with Crippen LogP contribution in [-0.2, 0) is 11.3 Å². The molecule has 0 bridgehead atoms.